The Kier molecular flexibility index (Phi) is 7.61. The molecule has 2 rings (SSSR count). The van der Waals surface area contributed by atoms with Crippen LogP contribution in [0.4, 0.5) is 10.5 Å². The molecule has 0 bridgehead atoms. The number of benzene rings is 2. The fraction of sp³-hybridized carbons (Fsp3) is 0.391. The van der Waals surface area contributed by atoms with E-state index in [0.29, 0.717) is 10.7 Å². The molecule has 0 radical (unpaired) electrons. The van der Waals surface area contributed by atoms with Gasteiger partial charge in [-0.05, 0) is 72.7 Å². The number of nitrogens with zero attached hydrogens (tertiary/aromatic N) is 1. The van der Waals surface area contributed by atoms with E-state index in [1.54, 1.807) is 12.1 Å². The third kappa shape index (κ3) is 6.00. The highest BCUT2D eigenvalue weighted by Gasteiger charge is 2.25. The van der Waals surface area contributed by atoms with Gasteiger partial charge in [0.1, 0.15) is 0 Å². The number of sulfonamides is 1. The summed E-state index contributed by atoms with van der Waals surface area (Å²) in [6.07, 6.45) is 0. The van der Waals surface area contributed by atoms with Gasteiger partial charge in [-0.2, -0.15) is 5.26 Å². The summed E-state index contributed by atoms with van der Waals surface area (Å²) in [4.78, 5) is 12.4. The summed E-state index contributed by atoms with van der Waals surface area (Å²) < 4.78 is 27.8. The number of carbonyl (C=O) groups is 1. The third-order valence-corrected chi connectivity index (χ3v) is 6.45. The molecular weight excluding hydrogens is 450 g/mol. The number of nitriles is 1. The topological polar surface area (TPSA) is 119 Å². The van der Waals surface area contributed by atoms with Crippen LogP contribution in [0.2, 0.25) is 5.02 Å². The van der Waals surface area contributed by atoms with Crippen LogP contribution in [0.15, 0.2) is 35.2 Å². The first-order chi connectivity index (χ1) is 14.7. The smallest absolute Gasteiger partial charge is 0.333 e. The average molecular weight is 478 g/mol. The van der Waals surface area contributed by atoms with Crippen molar-refractivity contribution < 1.29 is 18.3 Å². The highest BCUT2D eigenvalue weighted by atomic mass is 35.5. The predicted octanol–water partition coefficient (Wildman–Crippen LogP) is 5.20. The maximum Gasteiger partial charge on any atom is 0.333 e. The van der Waals surface area contributed by atoms with E-state index in [2.05, 4.69) is 5.32 Å². The van der Waals surface area contributed by atoms with Crippen molar-refractivity contribution in [1.29, 1.82) is 5.26 Å². The molecule has 0 heterocycles. The number of anilines is 1. The van der Waals surface area contributed by atoms with Gasteiger partial charge < -0.3 is 10.4 Å². The van der Waals surface area contributed by atoms with Gasteiger partial charge in [0.05, 0.1) is 22.1 Å². The zero-order chi connectivity index (χ0) is 24.4. The van der Waals surface area contributed by atoms with Crippen molar-refractivity contribution in [3.8, 4) is 6.07 Å². The zero-order valence-electron chi connectivity index (χ0n) is 18.9. The lowest BCUT2D eigenvalue weighted by Gasteiger charge is -2.21. The second kappa shape index (κ2) is 9.49. The molecule has 0 fully saturated rings. The molecule has 2 amide bonds. The molecule has 7 nitrogen and oxygen atoms in total. The standard InChI is InChI=1S/C23H28ClN3O4S/c1-13(2)19-10-17(24)11-20(14(3)4)21(19)26-22(28)27-32(30,31)18-8-15(12-25)7-16(9-18)23(5,6)29/h7-11,13-14,29H,1-6H3,(H2,26,27,28). The van der Waals surface area contributed by atoms with Gasteiger partial charge in [0.2, 0.25) is 0 Å². The number of rotatable bonds is 6. The van der Waals surface area contributed by atoms with Crippen molar-refractivity contribution >= 4 is 33.3 Å². The Morgan fingerprint density at radius 1 is 1.06 bits per heavy atom. The summed E-state index contributed by atoms with van der Waals surface area (Å²) in [5, 5.41) is 22.7. The van der Waals surface area contributed by atoms with Crippen LogP contribution in [0.3, 0.4) is 0 Å². The zero-order valence-corrected chi connectivity index (χ0v) is 20.5. The van der Waals surface area contributed by atoms with Crippen LogP contribution >= 0.6 is 11.6 Å². The number of halogens is 1. The fourth-order valence-corrected chi connectivity index (χ4v) is 4.41. The van der Waals surface area contributed by atoms with Gasteiger partial charge in [-0.1, -0.05) is 39.3 Å². The van der Waals surface area contributed by atoms with Crippen LogP contribution in [0.25, 0.3) is 0 Å². The molecule has 32 heavy (non-hydrogen) atoms. The Bertz CT molecular complexity index is 1150. The largest absolute Gasteiger partial charge is 0.386 e. The van der Waals surface area contributed by atoms with Gasteiger partial charge in [0.25, 0.3) is 10.0 Å². The van der Waals surface area contributed by atoms with E-state index in [-0.39, 0.29) is 27.9 Å². The molecule has 0 aliphatic heterocycles. The number of amides is 2. The summed E-state index contributed by atoms with van der Waals surface area (Å²) in [7, 11) is -4.32. The molecular formula is C23H28ClN3O4S. The Labute approximate surface area is 194 Å². The molecule has 0 aliphatic rings. The van der Waals surface area contributed by atoms with Gasteiger partial charge in [-0.25, -0.2) is 17.9 Å². The van der Waals surface area contributed by atoms with Crippen molar-refractivity contribution in [2.45, 2.75) is 63.9 Å². The molecule has 0 saturated carbocycles. The molecule has 172 valence electrons. The van der Waals surface area contributed by atoms with Gasteiger partial charge in [-0.15, -0.1) is 0 Å². The number of nitrogens with one attached hydrogen (secondary N) is 2. The minimum Gasteiger partial charge on any atom is -0.386 e. The minimum absolute atomic E-state index is 0.0276. The van der Waals surface area contributed by atoms with Crippen LogP contribution in [-0.2, 0) is 15.6 Å². The molecule has 0 aromatic heterocycles. The second-order valence-corrected chi connectivity index (χ2v) is 10.9. The van der Waals surface area contributed by atoms with Gasteiger partial charge in [-0.3, -0.25) is 0 Å². The monoisotopic (exact) mass is 477 g/mol. The van der Waals surface area contributed by atoms with E-state index < -0.39 is 21.7 Å². The number of hydrogen-bond acceptors (Lipinski definition) is 5. The second-order valence-electron chi connectivity index (χ2n) is 8.75. The lowest BCUT2D eigenvalue weighted by Crippen LogP contribution is -2.35. The Hall–Kier alpha value is -2.60. The highest BCUT2D eigenvalue weighted by Crippen LogP contribution is 2.35. The molecule has 0 atom stereocenters. The van der Waals surface area contributed by atoms with Crippen molar-refractivity contribution in [2.24, 2.45) is 0 Å². The summed E-state index contributed by atoms with van der Waals surface area (Å²) in [6.45, 7) is 10.7. The summed E-state index contributed by atoms with van der Waals surface area (Å²) >= 11 is 6.24. The van der Waals surface area contributed by atoms with E-state index in [9.17, 15) is 23.6 Å². The van der Waals surface area contributed by atoms with Crippen LogP contribution in [0.1, 0.15) is 75.6 Å². The van der Waals surface area contributed by atoms with Crippen molar-refractivity contribution in [3.63, 3.8) is 0 Å². The maximum atomic E-state index is 12.9. The molecule has 0 saturated heterocycles. The first kappa shape index (κ1) is 25.7. The SMILES string of the molecule is CC(C)c1cc(Cl)cc(C(C)C)c1NC(=O)NS(=O)(=O)c1cc(C#N)cc(C(C)(C)O)c1. The van der Waals surface area contributed by atoms with E-state index in [1.807, 2.05) is 38.5 Å². The fourth-order valence-electron chi connectivity index (χ4n) is 3.20. The molecule has 0 spiro atoms. The summed E-state index contributed by atoms with van der Waals surface area (Å²) in [6, 6.07) is 8.20. The van der Waals surface area contributed by atoms with Crippen LogP contribution in [0.5, 0.6) is 0 Å². The van der Waals surface area contributed by atoms with Crippen molar-refractivity contribution in [1.82, 2.24) is 4.72 Å². The number of urea groups is 1. The average Bonchev–Trinajstić information content (AvgIpc) is 2.67. The van der Waals surface area contributed by atoms with E-state index in [0.717, 1.165) is 17.2 Å². The minimum atomic E-state index is -4.32. The van der Waals surface area contributed by atoms with Crippen LogP contribution in [0, 0.1) is 11.3 Å². The number of carbonyl (C=O) groups excluding carboxylic acids is 1. The third-order valence-electron chi connectivity index (χ3n) is 4.93. The van der Waals surface area contributed by atoms with Crippen molar-refractivity contribution in [2.75, 3.05) is 5.32 Å². The van der Waals surface area contributed by atoms with Crippen LogP contribution < -0.4 is 10.0 Å². The first-order valence-corrected chi connectivity index (χ1v) is 12.0. The van der Waals surface area contributed by atoms with Crippen molar-refractivity contribution in [3.05, 3.63) is 57.6 Å². The predicted molar refractivity (Wildman–Crippen MR) is 125 cm³/mol. The molecule has 0 aliphatic carbocycles. The Morgan fingerprint density at radius 3 is 2.03 bits per heavy atom. The summed E-state index contributed by atoms with van der Waals surface area (Å²) in [5.41, 5.74) is 0.983. The molecule has 0 unspecified atom stereocenters. The van der Waals surface area contributed by atoms with E-state index in [4.69, 9.17) is 11.6 Å². The molecule has 2 aromatic carbocycles. The molecule has 2 aromatic rings. The lowest BCUT2D eigenvalue weighted by atomic mass is 9.92. The van der Waals surface area contributed by atoms with E-state index >= 15 is 0 Å². The quantitative estimate of drug-likeness (QED) is 0.528. The molecule has 9 heteroatoms. The Morgan fingerprint density at radius 2 is 1.59 bits per heavy atom. The van der Waals surface area contributed by atoms with Gasteiger partial charge >= 0.3 is 6.03 Å². The highest BCUT2D eigenvalue weighted by molar-refractivity contribution is 7.90. The summed E-state index contributed by atoms with van der Waals surface area (Å²) in [5.74, 6) is 0.0551. The molecule has 3 N–H and O–H groups in total. The van der Waals surface area contributed by atoms with Gasteiger partial charge in [0, 0.05) is 10.7 Å². The number of hydrogen-bond donors (Lipinski definition) is 3. The van der Waals surface area contributed by atoms with Crippen LogP contribution in [-0.4, -0.2) is 19.6 Å². The van der Waals surface area contributed by atoms with Gasteiger partial charge in [0.15, 0.2) is 0 Å². The first-order valence-electron chi connectivity index (χ1n) is 10.1. The lowest BCUT2D eigenvalue weighted by molar-refractivity contribution is 0.0783. The Balaban J connectivity index is 2.44. The number of aliphatic hydroxyl groups is 1. The maximum absolute atomic E-state index is 12.9. The normalized spacial score (nSPS) is 12.0. The van der Waals surface area contributed by atoms with E-state index in [1.165, 1.54) is 26.0 Å².